The molecule has 3 aromatic rings. The average molecular weight is 353 g/mol. The van der Waals surface area contributed by atoms with Crippen molar-refractivity contribution in [3.8, 4) is 5.75 Å². The molecule has 0 saturated heterocycles. The predicted molar refractivity (Wildman–Crippen MR) is 97.3 cm³/mol. The normalized spacial score (nSPS) is 12.2. The molecule has 1 aromatic heterocycles. The maximum absolute atomic E-state index is 11.7. The number of fused-ring (bicyclic) bond motifs is 1. The maximum Gasteiger partial charge on any atom is 0.336 e. The van der Waals surface area contributed by atoms with Crippen LogP contribution in [0.25, 0.3) is 11.0 Å². The fourth-order valence-electron chi connectivity index (χ4n) is 2.92. The van der Waals surface area contributed by atoms with Crippen molar-refractivity contribution in [1.29, 1.82) is 0 Å². The zero-order valence-electron chi connectivity index (χ0n) is 14.2. The summed E-state index contributed by atoms with van der Waals surface area (Å²) >= 11 is 0. The van der Waals surface area contributed by atoms with E-state index < -0.39 is 17.6 Å². The molecule has 1 heterocycles. The van der Waals surface area contributed by atoms with E-state index in [2.05, 4.69) is 5.32 Å². The van der Waals surface area contributed by atoms with E-state index in [0.29, 0.717) is 17.4 Å². The van der Waals surface area contributed by atoms with Crippen LogP contribution < -0.4 is 10.9 Å². The van der Waals surface area contributed by atoms with Crippen molar-refractivity contribution < 1.29 is 19.4 Å². The van der Waals surface area contributed by atoms with Gasteiger partial charge in [-0.3, -0.25) is 10.1 Å². The third-order valence-corrected chi connectivity index (χ3v) is 4.30. The van der Waals surface area contributed by atoms with Gasteiger partial charge in [-0.2, -0.15) is 0 Å². The van der Waals surface area contributed by atoms with Crippen LogP contribution in [0.4, 0.5) is 0 Å². The second-order valence-electron chi connectivity index (χ2n) is 6.15. The standard InChI is InChI=1S/C20H19NO5/c1-12-9-18(23)26-19-14(12)7-8-17(22)15(19)11-21-16(20(24)25)10-13-5-3-2-4-6-13/h2-9,16,21-22H,10-11H2,1H3,(H,24,25)/t16-/m1/s1. The third-order valence-electron chi connectivity index (χ3n) is 4.30. The van der Waals surface area contributed by atoms with Crippen molar-refractivity contribution in [3.05, 3.63) is 75.6 Å². The van der Waals surface area contributed by atoms with Crippen LogP contribution in [-0.2, 0) is 17.8 Å². The van der Waals surface area contributed by atoms with E-state index in [9.17, 15) is 19.8 Å². The number of phenols is 1. The van der Waals surface area contributed by atoms with Gasteiger partial charge >= 0.3 is 11.6 Å². The quantitative estimate of drug-likeness (QED) is 0.589. The first-order valence-corrected chi connectivity index (χ1v) is 8.21. The Morgan fingerprint density at radius 1 is 1.19 bits per heavy atom. The smallest absolute Gasteiger partial charge is 0.336 e. The van der Waals surface area contributed by atoms with Crippen LogP contribution in [0.2, 0.25) is 0 Å². The van der Waals surface area contributed by atoms with E-state index in [1.165, 1.54) is 12.1 Å². The SMILES string of the molecule is Cc1cc(=O)oc2c(CN[C@H](Cc3ccccc3)C(=O)O)c(O)ccc12. The largest absolute Gasteiger partial charge is 0.507 e. The molecule has 6 heteroatoms. The molecule has 0 spiro atoms. The molecule has 0 saturated carbocycles. The minimum atomic E-state index is -0.994. The Hall–Kier alpha value is -3.12. The minimum absolute atomic E-state index is 0.0531. The van der Waals surface area contributed by atoms with Gasteiger partial charge in [0.15, 0.2) is 0 Å². The summed E-state index contributed by atoms with van der Waals surface area (Å²) in [5, 5.41) is 23.3. The zero-order valence-corrected chi connectivity index (χ0v) is 14.2. The number of hydrogen-bond donors (Lipinski definition) is 3. The van der Waals surface area contributed by atoms with Gasteiger partial charge in [-0.1, -0.05) is 30.3 Å². The van der Waals surface area contributed by atoms with E-state index in [4.69, 9.17) is 4.42 Å². The molecule has 6 nitrogen and oxygen atoms in total. The van der Waals surface area contributed by atoms with Gasteiger partial charge in [-0.05, 0) is 36.6 Å². The summed E-state index contributed by atoms with van der Waals surface area (Å²) in [4.78, 5) is 23.3. The first-order chi connectivity index (χ1) is 12.5. The molecule has 2 aromatic carbocycles. The molecule has 0 unspecified atom stereocenters. The molecule has 134 valence electrons. The second-order valence-corrected chi connectivity index (χ2v) is 6.15. The molecule has 0 aliphatic carbocycles. The van der Waals surface area contributed by atoms with Crippen molar-refractivity contribution >= 4 is 16.9 Å². The first kappa shape index (κ1) is 17.7. The van der Waals surface area contributed by atoms with Crippen molar-refractivity contribution in [3.63, 3.8) is 0 Å². The molecule has 26 heavy (non-hydrogen) atoms. The second kappa shape index (κ2) is 7.41. The number of benzene rings is 2. The summed E-state index contributed by atoms with van der Waals surface area (Å²) < 4.78 is 5.26. The Kier molecular flexibility index (Phi) is 5.04. The number of nitrogens with one attached hydrogen (secondary N) is 1. The van der Waals surface area contributed by atoms with Crippen LogP contribution in [0, 0.1) is 6.92 Å². The van der Waals surface area contributed by atoms with Crippen molar-refractivity contribution in [2.75, 3.05) is 0 Å². The van der Waals surface area contributed by atoms with Crippen LogP contribution in [0.1, 0.15) is 16.7 Å². The van der Waals surface area contributed by atoms with E-state index in [-0.39, 0.29) is 17.9 Å². The summed E-state index contributed by atoms with van der Waals surface area (Å²) in [6.07, 6.45) is 0.296. The molecule has 0 amide bonds. The van der Waals surface area contributed by atoms with Crippen LogP contribution >= 0.6 is 0 Å². The molecule has 1 atom stereocenters. The third kappa shape index (κ3) is 3.75. The average Bonchev–Trinajstić information content (AvgIpc) is 2.60. The Bertz CT molecular complexity index is 994. The molecule has 0 aliphatic rings. The summed E-state index contributed by atoms with van der Waals surface area (Å²) in [5.74, 6) is -1.05. The highest BCUT2D eigenvalue weighted by Crippen LogP contribution is 2.28. The van der Waals surface area contributed by atoms with Crippen LogP contribution in [0.15, 0.2) is 57.7 Å². The van der Waals surface area contributed by atoms with Crippen molar-refractivity contribution in [2.45, 2.75) is 25.9 Å². The number of aliphatic carboxylic acids is 1. The van der Waals surface area contributed by atoms with Crippen molar-refractivity contribution in [1.82, 2.24) is 5.32 Å². The number of rotatable bonds is 6. The predicted octanol–water partition coefficient (Wildman–Crippen LogP) is 2.59. The lowest BCUT2D eigenvalue weighted by Gasteiger charge is -2.16. The molecule has 0 aliphatic heterocycles. The Morgan fingerprint density at radius 2 is 1.92 bits per heavy atom. The van der Waals surface area contributed by atoms with Crippen LogP contribution in [-0.4, -0.2) is 22.2 Å². The van der Waals surface area contributed by atoms with Gasteiger partial charge < -0.3 is 14.6 Å². The fourth-order valence-corrected chi connectivity index (χ4v) is 2.92. The number of aromatic hydroxyl groups is 1. The van der Waals surface area contributed by atoms with Gasteiger partial charge in [0.2, 0.25) is 0 Å². The lowest BCUT2D eigenvalue weighted by Crippen LogP contribution is -2.38. The molecule has 3 N–H and O–H groups in total. The number of carboxylic acid groups (broad SMARTS) is 1. The zero-order chi connectivity index (χ0) is 18.7. The topological polar surface area (TPSA) is 99.8 Å². The highest BCUT2D eigenvalue weighted by Gasteiger charge is 2.19. The minimum Gasteiger partial charge on any atom is -0.507 e. The van der Waals surface area contributed by atoms with E-state index in [0.717, 1.165) is 11.1 Å². The van der Waals surface area contributed by atoms with Crippen LogP contribution in [0.3, 0.4) is 0 Å². The van der Waals surface area contributed by atoms with Gasteiger partial charge in [0.1, 0.15) is 17.4 Å². The van der Waals surface area contributed by atoms with Gasteiger partial charge in [0.25, 0.3) is 0 Å². The molecule has 3 rings (SSSR count). The molecular weight excluding hydrogens is 334 g/mol. The van der Waals surface area contributed by atoms with Crippen molar-refractivity contribution in [2.24, 2.45) is 0 Å². The van der Waals surface area contributed by atoms with Crippen LogP contribution in [0.5, 0.6) is 5.75 Å². The highest BCUT2D eigenvalue weighted by atomic mass is 16.4. The number of aryl methyl sites for hydroxylation is 1. The first-order valence-electron chi connectivity index (χ1n) is 8.21. The summed E-state index contributed by atoms with van der Waals surface area (Å²) in [7, 11) is 0. The van der Waals surface area contributed by atoms with Gasteiger partial charge in [0.05, 0.1) is 5.56 Å². The Morgan fingerprint density at radius 3 is 2.62 bits per heavy atom. The number of phenolic OH excluding ortho intramolecular Hbond substituents is 1. The molecule has 0 bridgehead atoms. The Balaban J connectivity index is 1.89. The number of carboxylic acids is 1. The summed E-state index contributed by atoms with van der Waals surface area (Å²) in [5.41, 5.74) is 1.74. The molecule has 0 radical (unpaired) electrons. The maximum atomic E-state index is 11.7. The number of carbonyl (C=O) groups is 1. The van der Waals surface area contributed by atoms with Gasteiger partial charge in [-0.15, -0.1) is 0 Å². The van der Waals surface area contributed by atoms with Gasteiger partial charge in [-0.25, -0.2) is 4.79 Å². The molecular formula is C20H19NO5. The summed E-state index contributed by atoms with van der Waals surface area (Å²) in [6, 6.07) is 13.0. The van der Waals surface area contributed by atoms with E-state index in [1.54, 1.807) is 13.0 Å². The van der Waals surface area contributed by atoms with Gasteiger partial charge in [0, 0.05) is 18.0 Å². The monoisotopic (exact) mass is 353 g/mol. The van der Waals surface area contributed by atoms with E-state index >= 15 is 0 Å². The van der Waals surface area contributed by atoms with E-state index in [1.807, 2.05) is 30.3 Å². The lowest BCUT2D eigenvalue weighted by atomic mass is 10.0. The lowest BCUT2D eigenvalue weighted by molar-refractivity contribution is -0.139. The highest BCUT2D eigenvalue weighted by molar-refractivity contribution is 5.85. The molecule has 0 fully saturated rings. The summed E-state index contributed by atoms with van der Waals surface area (Å²) in [6.45, 7) is 1.84. The fraction of sp³-hybridized carbons (Fsp3) is 0.200. The number of hydrogen-bond acceptors (Lipinski definition) is 5. The Labute approximate surface area is 149 Å².